The Hall–Kier alpha value is -2.13. The lowest BCUT2D eigenvalue weighted by molar-refractivity contribution is -0.121. The first-order valence-electron chi connectivity index (χ1n) is 8.25. The van der Waals surface area contributed by atoms with Gasteiger partial charge in [-0.1, -0.05) is 74.0 Å². The molecule has 2 aromatic rings. The van der Waals surface area contributed by atoms with Gasteiger partial charge in [0.1, 0.15) is 0 Å². The maximum absolute atomic E-state index is 12.3. The van der Waals surface area contributed by atoms with E-state index in [-0.39, 0.29) is 11.8 Å². The number of amides is 1. The summed E-state index contributed by atoms with van der Waals surface area (Å²) in [6, 6.07) is 20.1. The smallest absolute Gasteiger partial charge is 0.221 e. The molecule has 2 N–H and O–H groups in total. The number of carbonyl (C=O) groups excluding carboxylic acids is 1. The van der Waals surface area contributed by atoms with E-state index >= 15 is 0 Å². The van der Waals surface area contributed by atoms with E-state index in [1.165, 1.54) is 0 Å². The van der Waals surface area contributed by atoms with Gasteiger partial charge in [0.2, 0.25) is 5.91 Å². The Morgan fingerprint density at radius 1 is 1.00 bits per heavy atom. The predicted octanol–water partition coefficient (Wildman–Crippen LogP) is 3.49. The number of carbonyl (C=O) groups is 1. The van der Waals surface area contributed by atoms with Gasteiger partial charge in [-0.3, -0.25) is 4.79 Å². The van der Waals surface area contributed by atoms with Crippen molar-refractivity contribution in [3.8, 4) is 0 Å². The van der Waals surface area contributed by atoms with Crippen LogP contribution in [-0.2, 0) is 4.79 Å². The molecule has 1 amide bonds. The third-order valence-corrected chi connectivity index (χ3v) is 3.95. The van der Waals surface area contributed by atoms with Crippen molar-refractivity contribution in [2.45, 2.75) is 38.2 Å². The van der Waals surface area contributed by atoms with Crippen LogP contribution in [-0.4, -0.2) is 23.7 Å². The monoisotopic (exact) mass is 311 g/mol. The van der Waals surface area contributed by atoms with Crippen molar-refractivity contribution in [3.05, 3.63) is 71.8 Å². The van der Waals surface area contributed by atoms with E-state index < -0.39 is 6.10 Å². The number of hydrogen-bond acceptors (Lipinski definition) is 2. The van der Waals surface area contributed by atoms with Crippen molar-refractivity contribution in [1.82, 2.24) is 5.32 Å². The van der Waals surface area contributed by atoms with E-state index in [4.69, 9.17) is 0 Å². The maximum atomic E-state index is 12.3. The van der Waals surface area contributed by atoms with Gasteiger partial charge in [-0.2, -0.15) is 0 Å². The Morgan fingerprint density at radius 2 is 1.52 bits per heavy atom. The highest BCUT2D eigenvalue weighted by atomic mass is 16.3. The van der Waals surface area contributed by atoms with Crippen LogP contribution in [0.3, 0.4) is 0 Å². The van der Waals surface area contributed by atoms with Crippen LogP contribution >= 0.6 is 0 Å². The van der Waals surface area contributed by atoms with Crippen LogP contribution in [0, 0.1) is 0 Å². The Kier molecular flexibility index (Phi) is 6.82. The van der Waals surface area contributed by atoms with E-state index in [0.717, 1.165) is 17.5 Å². The number of hydrogen-bond donors (Lipinski definition) is 2. The topological polar surface area (TPSA) is 49.3 Å². The lowest BCUT2D eigenvalue weighted by atomic mass is 9.88. The highest BCUT2D eigenvalue weighted by Crippen LogP contribution is 2.27. The van der Waals surface area contributed by atoms with E-state index in [9.17, 15) is 9.90 Å². The second-order valence-electron chi connectivity index (χ2n) is 5.82. The zero-order valence-corrected chi connectivity index (χ0v) is 13.6. The van der Waals surface area contributed by atoms with Crippen LogP contribution in [0.5, 0.6) is 0 Å². The van der Waals surface area contributed by atoms with Crippen molar-refractivity contribution < 1.29 is 9.90 Å². The number of benzene rings is 2. The minimum absolute atomic E-state index is 0.0284. The molecule has 2 aromatic carbocycles. The molecule has 0 bridgehead atoms. The molecule has 3 heteroatoms. The first-order chi connectivity index (χ1) is 11.2. The average Bonchev–Trinajstić information content (AvgIpc) is 2.60. The minimum atomic E-state index is -0.462. The molecular formula is C20H25NO2. The van der Waals surface area contributed by atoms with Crippen LogP contribution in [0.2, 0.25) is 0 Å². The van der Waals surface area contributed by atoms with Crippen LogP contribution < -0.4 is 5.32 Å². The molecule has 2 rings (SSSR count). The summed E-state index contributed by atoms with van der Waals surface area (Å²) in [4.78, 5) is 12.3. The fourth-order valence-corrected chi connectivity index (χ4v) is 2.72. The van der Waals surface area contributed by atoms with Crippen LogP contribution in [0.25, 0.3) is 0 Å². The molecule has 0 saturated carbocycles. The quantitative estimate of drug-likeness (QED) is 0.784. The highest BCUT2D eigenvalue weighted by Gasteiger charge is 2.18. The first kappa shape index (κ1) is 17.2. The summed E-state index contributed by atoms with van der Waals surface area (Å²) in [5.41, 5.74) is 2.26. The van der Waals surface area contributed by atoms with E-state index in [2.05, 4.69) is 29.6 Å². The molecule has 0 spiro atoms. The van der Waals surface area contributed by atoms with Crippen molar-refractivity contribution >= 4 is 5.91 Å². The normalized spacial score (nSPS) is 12.1. The lowest BCUT2D eigenvalue weighted by Gasteiger charge is -2.18. The Bertz CT molecular complexity index is 544. The summed E-state index contributed by atoms with van der Waals surface area (Å²) < 4.78 is 0. The molecule has 0 fully saturated rings. The van der Waals surface area contributed by atoms with E-state index in [1.54, 1.807) is 0 Å². The van der Waals surface area contributed by atoms with Gasteiger partial charge >= 0.3 is 0 Å². The average molecular weight is 311 g/mol. The van der Waals surface area contributed by atoms with Crippen LogP contribution in [0.15, 0.2) is 60.7 Å². The van der Waals surface area contributed by atoms with Crippen molar-refractivity contribution in [2.75, 3.05) is 6.54 Å². The molecule has 23 heavy (non-hydrogen) atoms. The zero-order valence-electron chi connectivity index (χ0n) is 13.6. The van der Waals surface area contributed by atoms with Crippen molar-refractivity contribution in [3.63, 3.8) is 0 Å². The van der Waals surface area contributed by atoms with Gasteiger partial charge in [0.15, 0.2) is 0 Å². The molecule has 0 heterocycles. The summed E-state index contributed by atoms with van der Waals surface area (Å²) in [5.74, 6) is -0.00132. The van der Waals surface area contributed by atoms with Gasteiger partial charge in [0.25, 0.3) is 0 Å². The molecule has 0 radical (unpaired) electrons. The first-order valence-corrected chi connectivity index (χ1v) is 8.25. The molecule has 0 aliphatic heterocycles. The summed E-state index contributed by atoms with van der Waals surface area (Å²) in [7, 11) is 0. The van der Waals surface area contributed by atoms with Gasteiger partial charge in [-0.15, -0.1) is 0 Å². The minimum Gasteiger partial charge on any atom is -0.391 e. The van der Waals surface area contributed by atoms with Crippen LogP contribution in [0.1, 0.15) is 43.2 Å². The molecule has 3 nitrogen and oxygen atoms in total. The van der Waals surface area contributed by atoms with Gasteiger partial charge in [0, 0.05) is 18.9 Å². The fourth-order valence-electron chi connectivity index (χ4n) is 2.72. The second-order valence-corrected chi connectivity index (χ2v) is 5.82. The largest absolute Gasteiger partial charge is 0.391 e. The molecule has 1 unspecified atom stereocenters. The molecule has 0 aliphatic carbocycles. The standard InChI is InChI=1S/C20H25NO2/c1-2-9-18(22)15-21-20(23)14-19(16-10-5-3-6-11-16)17-12-7-4-8-13-17/h3-8,10-13,18-19,22H,2,9,14-15H2,1H3,(H,21,23). The fraction of sp³-hybridized carbons (Fsp3) is 0.350. The predicted molar refractivity (Wildman–Crippen MR) is 93.3 cm³/mol. The van der Waals surface area contributed by atoms with Gasteiger partial charge in [-0.25, -0.2) is 0 Å². The number of rotatable bonds is 8. The van der Waals surface area contributed by atoms with Gasteiger partial charge in [-0.05, 0) is 17.5 Å². The van der Waals surface area contributed by atoms with Gasteiger partial charge < -0.3 is 10.4 Å². The zero-order chi connectivity index (χ0) is 16.5. The Labute approximate surface area is 138 Å². The summed E-state index contributed by atoms with van der Waals surface area (Å²) in [6.07, 6.45) is 1.54. The van der Waals surface area contributed by atoms with Crippen molar-refractivity contribution in [1.29, 1.82) is 0 Å². The van der Waals surface area contributed by atoms with Crippen molar-refractivity contribution in [2.24, 2.45) is 0 Å². The number of aliphatic hydroxyl groups excluding tert-OH is 1. The molecule has 122 valence electrons. The van der Waals surface area contributed by atoms with E-state index in [0.29, 0.717) is 19.4 Å². The SMILES string of the molecule is CCCC(O)CNC(=O)CC(c1ccccc1)c1ccccc1. The summed E-state index contributed by atoms with van der Waals surface area (Å²) >= 11 is 0. The third-order valence-electron chi connectivity index (χ3n) is 3.95. The molecule has 1 atom stereocenters. The summed E-state index contributed by atoms with van der Waals surface area (Å²) in [6.45, 7) is 2.34. The summed E-state index contributed by atoms with van der Waals surface area (Å²) in [5, 5.41) is 12.6. The maximum Gasteiger partial charge on any atom is 0.221 e. The third kappa shape index (κ3) is 5.53. The lowest BCUT2D eigenvalue weighted by Crippen LogP contribution is -2.32. The second kappa shape index (κ2) is 9.11. The molecule has 0 aliphatic rings. The number of nitrogens with one attached hydrogen (secondary N) is 1. The molecule has 0 saturated heterocycles. The Morgan fingerprint density at radius 3 is 2.00 bits per heavy atom. The number of aliphatic hydroxyl groups is 1. The highest BCUT2D eigenvalue weighted by molar-refractivity contribution is 5.77. The molecule has 0 aromatic heterocycles. The molecular weight excluding hydrogens is 286 g/mol. The van der Waals surface area contributed by atoms with E-state index in [1.807, 2.05) is 43.3 Å². The van der Waals surface area contributed by atoms with Crippen LogP contribution in [0.4, 0.5) is 0 Å². The Balaban J connectivity index is 2.05. The van der Waals surface area contributed by atoms with Gasteiger partial charge in [0.05, 0.1) is 6.10 Å².